The van der Waals surface area contributed by atoms with Crippen LogP contribution < -0.4 is 0 Å². The fraction of sp³-hybridized carbons (Fsp3) is 0.538. The van der Waals surface area contributed by atoms with Crippen molar-refractivity contribution in [3.05, 3.63) is 34.7 Å². The number of rotatable bonds is 3. The molecule has 0 radical (unpaired) electrons. The van der Waals surface area contributed by atoms with Crippen LogP contribution in [0.3, 0.4) is 0 Å². The van der Waals surface area contributed by atoms with Crippen LogP contribution in [0.1, 0.15) is 49.2 Å². The molecule has 0 aliphatic rings. The lowest BCUT2D eigenvalue weighted by atomic mass is 10.0. The Morgan fingerprint density at radius 3 is 2.20 bits per heavy atom. The van der Waals surface area contributed by atoms with E-state index in [2.05, 4.69) is 44.7 Å². The van der Waals surface area contributed by atoms with Gasteiger partial charge in [0.2, 0.25) is 0 Å². The lowest BCUT2D eigenvalue weighted by Gasteiger charge is -2.12. The van der Waals surface area contributed by atoms with E-state index < -0.39 is 0 Å². The molecule has 0 saturated carbocycles. The fourth-order valence-electron chi connectivity index (χ4n) is 2.41. The monoisotopic (exact) mass is 219 g/mol. The van der Waals surface area contributed by atoms with Crippen molar-refractivity contribution in [3.8, 4) is 0 Å². The number of allylic oxidation sites excluding steroid dienone is 1. The van der Waals surface area contributed by atoms with Crippen molar-refractivity contribution in [2.75, 3.05) is 0 Å². The molecule has 0 atom stereocenters. The van der Waals surface area contributed by atoms with Crippen LogP contribution >= 0.6 is 0 Å². The van der Waals surface area contributed by atoms with E-state index in [1.165, 1.54) is 28.1 Å². The van der Waals surface area contributed by atoms with Gasteiger partial charge in [-0.05, 0) is 43.5 Å². The van der Waals surface area contributed by atoms with E-state index in [9.17, 15) is 0 Å². The van der Waals surface area contributed by atoms with Gasteiger partial charge in [0.1, 0.15) is 0 Å². The quantitative estimate of drug-likeness (QED) is 0.544. The van der Waals surface area contributed by atoms with Crippen molar-refractivity contribution >= 4 is 16.5 Å². The minimum Gasteiger partial charge on any atom is -0.447 e. The van der Waals surface area contributed by atoms with Gasteiger partial charge in [-0.3, -0.25) is 0 Å². The first-order valence-electron chi connectivity index (χ1n) is 5.65. The van der Waals surface area contributed by atoms with E-state index in [0.29, 0.717) is 5.92 Å². The highest BCUT2D eigenvalue weighted by Crippen LogP contribution is 2.27. The number of hydrogen-bond acceptors (Lipinski definition) is 0. The molecule has 1 aromatic rings. The largest absolute Gasteiger partial charge is 0.447 e. The van der Waals surface area contributed by atoms with E-state index in [1.54, 1.807) is 0 Å². The van der Waals surface area contributed by atoms with Crippen LogP contribution in [0.15, 0.2) is 12.2 Å². The maximum Gasteiger partial charge on any atom is 0.369 e. The Kier molecular flexibility index (Phi) is 3.87. The molecule has 15 heavy (non-hydrogen) atoms. The van der Waals surface area contributed by atoms with Gasteiger partial charge in [-0.15, -0.1) is 0 Å². The second kappa shape index (κ2) is 4.60. The molecule has 0 aromatic carbocycles. The number of aromatic nitrogens is 1. The van der Waals surface area contributed by atoms with Crippen molar-refractivity contribution in [2.45, 2.75) is 47.0 Å². The first-order chi connectivity index (χ1) is 6.86. The highest BCUT2D eigenvalue weighted by atomic mass is 27.1. The maximum absolute atomic E-state index is 4.02. The predicted molar refractivity (Wildman–Crippen MR) is 70.5 cm³/mol. The van der Waals surface area contributed by atoms with Crippen LogP contribution in [-0.2, 0) is 6.42 Å². The Morgan fingerprint density at radius 1 is 1.33 bits per heavy atom. The summed E-state index contributed by atoms with van der Waals surface area (Å²) < 4.78 is 2.49. The van der Waals surface area contributed by atoms with Crippen LogP contribution in [0, 0.1) is 13.8 Å². The molecule has 0 aliphatic carbocycles. The molecule has 0 saturated heterocycles. The van der Waals surface area contributed by atoms with E-state index in [1.807, 2.05) is 0 Å². The van der Waals surface area contributed by atoms with Gasteiger partial charge >= 0.3 is 16.5 Å². The average molecular weight is 219 g/mol. The van der Waals surface area contributed by atoms with Gasteiger partial charge in [-0.2, -0.15) is 0 Å². The van der Waals surface area contributed by atoms with Crippen molar-refractivity contribution < 1.29 is 0 Å². The molecule has 1 rings (SSSR count). The van der Waals surface area contributed by atoms with Crippen LogP contribution in [0.4, 0.5) is 0 Å². The van der Waals surface area contributed by atoms with Gasteiger partial charge in [0, 0.05) is 12.1 Å². The third-order valence-corrected chi connectivity index (χ3v) is 4.18. The Hall–Kier alpha value is -0.448. The van der Waals surface area contributed by atoms with Crippen LogP contribution in [0.5, 0.6) is 0 Å². The third kappa shape index (κ3) is 2.38. The summed E-state index contributed by atoms with van der Waals surface area (Å²) >= 11 is 1.08. The minimum absolute atomic E-state index is 0.625. The van der Waals surface area contributed by atoms with Gasteiger partial charge in [0.05, 0.1) is 0 Å². The molecule has 1 heterocycles. The summed E-state index contributed by atoms with van der Waals surface area (Å²) in [5.41, 5.74) is 7.21. The van der Waals surface area contributed by atoms with Gasteiger partial charge < -0.3 is 3.55 Å². The van der Waals surface area contributed by atoms with E-state index in [-0.39, 0.29) is 0 Å². The van der Waals surface area contributed by atoms with Crippen molar-refractivity contribution in [3.63, 3.8) is 0 Å². The Bertz CT molecular complexity index is 386. The topological polar surface area (TPSA) is 4.93 Å². The lowest BCUT2D eigenvalue weighted by Crippen LogP contribution is -2.06. The first kappa shape index (κ1) is 12.6. The summed E-state index contributed by atoms with van der Waals surface area (Å²) in [6, 6.07) is 0. The molecular formula is C13H22AlN. The van der Waals surface area contributed by atoms with Gasteiger partial charge in [0.15, 0.2) is 0 Å². The molecule has 1 aromatic heterocycles. The maximum atomic E-state index is 4.02. The number of nitrogens with zero attached hydrogens (tertiary/aromatic N) is 1. The van der Waals surface area contributed by atoms with E-state index in [4.69, 9.17) is 0 Å². The summed E-state index contributed by atoms with van der Waals surface area (Å²) in [4.78, 5) is 0. The molecule has 0 aliphatic heterocycles. The SMILES string of the molecule is C=C(C)Cc1c(C)c(C)c(C(C)C)[n]1[AlH2]. The summed E-state index contributed by atoms with van der Waals surface area (Å²) in [6.45, 7) is 15.2. The molecule has 0 bridgehead atoms. The van der Waals surface area contributed by atoms with Crippen LogP contribution in [0.25, 0.3) is 0 Å². The first-order valence-corrected chi connectivity index (χ1v) is 6.54. The van der Waals surface area contributed by atoms with Gasteiger partial charge in [-0.25, -0.2) is 0 Å². The third-order valence-electron chi connectivity index (χ3n) is 3.16. The molecule has 82 valence electrons. The highest BCUT2D eigenvalue weighted by Gasteiger charge is 2.15. The fourth-order valence-corrected chi connectivity index (χ4v) is 3.76. The summed E-state index contributed by atoms with van der Waals surface area (Å²) in [6.07, 6.45) is 1.03. The number of hydrogen-bond donors (Lipinski definition) is 0. The summed E-state index contributed by atoms with van der Waals surface area (Å²) in [5.74, 6) is 0.625. The molecule has 1 nitrogen and oxygen atoms in total. The smallest absolute Gasteiger partial charge is 0.369 e. The Balaban J connectivity index is 3.29. The second-order valence-corrected chi connectivity index (χ2v) is 5.82. The summed E-state index contributed by atoms with van der Waals surface area (Å²) in [7, 11) is 0. The molecule has 0 N–H and O–H groups in total. The van der Waals surface area contributed by atoms with Crippen LogP contribution in [0.2, 0.25) is 0 Å². The molecule has 0 spiro atoms. The zero-order valence-corrected chi connectivity index (χ0v) is 12.9. The molecule has 0 fully saturated rings. The summed E-state index contributed by atoms with van der Waals surface area (Å²) in [5, 5.41) is 0. The normalized spacial score (nSPS) is 11.1. The van der Waals surface area contributed by atoms with Crippen LogP contribution in [-0.4, -0.2) is 20.1 Å². The van der Waals surface area contributed by atoms with Crippen molar-refractivity contribution in [1.29, 1.82) is 0 Å². The van der Waals surface area contributed by atoms with Gasteiger partial charge in [0.25, 0.3) is 0 Å². The lowest BCUT2D eigenvalue weighted by molar-refractivity contribution is 0.794. The molecule has 0 unspecified atom stereocenters. The molecule has 2 heteroatoms. The zero-order chi connectivity index (χ0) is 11.7. The zero-order valence-electron chi connectivity index (χ0n) is 10.9. The van der Waals surface area contributed by atoms with Gasteiger partial charge in [-0.1, -0.05) is 26.0 Å². The molecule has 0 amide bonds. The minimum atomic E-state index is 0.625. The van der Waals surface area contributed by atoms with E-state index in [0.717, 1.165) is 22.9 Å². The highest BCUT2D eigenvalue weighted by molar-refractivity contribution is 6.08. The van der Waals surface area contributed by atoms with Crippen molar-refractivity contribution in [1.82, 2.24) is 3.55 Å². The standard InChI is InChI=1S/C13H20N.Al.2H/c1-8(2)7-12-10(5)11(6)13(14-12)9(3)4;;;/h9H,1,7H2,2-6H3;;;/q-1;+1;;. The average Bonchev–Trinajstić information content (AvgIpc) is 2.29. The van der Waals surface area contributed by atoms with E-state index >= 15 is 0 Å². The Labute approximate surface area is 102 Å². The van der Waals surface area contributed by atoms with Crippen molar-refractivity contribution in [2.24, 2.45) is 0 Å². The Morgan fingerprint density at radius 2 is 1.87 bits per heavy atom. The second-order valence-electron chi connectivity index (χ2n) is 4.93. The predicted octanol–water partition coefficient (Wildman–Crippen LogP) is 2.74. The molecular weight excluding hydrogens is 197 g/mol.